The molecule has 9 heteroatoms. The molecule has 148 valence electrons. The number of fused-ring (bicyclic) bond motifs is 1. The third-order valence-corrected chi connectivity index (χ3v) is 5.58. The van der Waals surface area contributed by atoms with E-state index in [4.69, 9.17) is 16.2 Å². The molecule has 1 unspecified atom stereocenters. The first-order valence-electron chi connectivity index (χ1n) is 8.65. The third kappa shape index (κ3) is 3.30. The molecule has 0 aliphatic carbocycles. The number of carbonyl (C=O) groups is 1. The summed E-state index contributed by atoms with van der Waals surface area (Å²) in [5.74, 6) is -0.659. The normalized spacial score (nSPS) is 18.6. The maximum absolute atomic E-state index is 14.6. The van der Waals surface area contributed by atoms with Gasteiger partial charge in [-0.05, 0) is 18.2 Å². The smallest absolute Gasteiger partial charge is 0.257 e. The lowest BCUT2D eigenvalue weighted by Crippen LogP contribution is -2.45. The summed E-state index contributed by atoms with van der Waals surface area (Å²) in [5.41, 5.74) is 11.1. The van der Waals surface area contributed by atoms with Crippen molar-refractivity contribution in [3.63, 3.8) is 0 Å². The zero-order valence-corrected chi connectivity index (χ0v) is 16.2. The van der Waals surface area contributed by atoms with Crippen LogP contribution in [0.2, 0.25) is 0 Å². The lowest BCUT2D eigenvalue weighted by molar-refractivity contribution is 0.102. The summed E-state index contributed by atoms with van der Waals surface area (Å²) in [6.45, 7) is 0. The van der Waals surface area contributed by atoms with Gasteiger partial charge in [0.1, 0.15) is 5.75 Å². The van der Waals surface area contributed by atoms with E-state index in [1.54, 1.807) is 23.6 Å². The summed E-state index contributed by atoms with van der Waals surface area (Å²) in [6, 6.07) is 12.3. The van der Waals surface area contributed by atoms with E-state index in [-0.39, 0.29) is 23.1 Å². The van der Waals surface area contributed by atoms with E-state index < -0.39 is 11.5 Å². The summed E-state index contributed by atoms with van der Waals surface area (Å²) in [7, 11) is 1.49. The zero-order valence-electron chi connectivity index (χ0n) is 15.4. The van der Waals surface area contributed by atoms with Gasteiger partial charge in [-0.1, -0.05) is 18.2 Å². The number of rotatable bonds is 4. The van der Waals surface area contributed by atoms with E-state index in [9.17, 15) is 9.18 Å². The van der Waals surface area contributed by atoms with Gasteiger partial charge in [-0.2, -0.15) is 0 Å². The monoisotopic (exact) mass is 411 g/mol. The predicted molar refractivity (Wildman–Crippen MR) is 113 cm³/mol. The number of benzene rings is 2. The zero-order chi connectivity index (χ0) is 20.6. The highest BCUT2D eigenvalue weighted by Crippen LogP contribution is 2.38. The molecule has 1 atom stereocenters. The fraction of sp³-hybridized carbons (Fsp3) is 0.100. The van der Waals surface area contributed by atoms with Crippen molar-refractivity contribution in [3.8, 4) is 5.75 Å². The minimum absolute atomic E-state index is 0.0363. The van der Waals surface area contributed by atoms with Crippen molar-refractivity contribution < 1.29 is 13.9 Å². The molecule has 4 rings (SSSR count). The minimum Gasteiger partial charge on any atom is -0.497 e. The number of nitrogens with one attached hydrogen (secondary N) is 2. The van der Waals surface area contributed by atoms with Crippen LogP contribution < -0.4 is 26.8 Å². The van der Waals surface area contributed by atoms with Crippen LogP contribution in [0.25, 0.3) is 10.1 Å². The topological polar surface area (TPSA) is 115 Å². The molecule has 0 fully saturated rings. The number of thiophene rings is 1. The third-order valence-electron chi connectivity index (χ3n) is 4.62. The van der Waals surface area contributed by atoms with Gasteiger partial charge in [0.25, 0.3) is 5.91 Å². The van der Waals surface area contributed by atoms with Gasteiger partial charge in [-0.15, -0.1) is 11.3 Å². The minimum atomic E-state index is -1.87. The number of ether oxygens (including phenoxy) is 1. The molecule has 1 aliphatic heterocycles. The Kier molecular flexibility index (Phi) is 4.69. The number of methoxy groups -OCH3 is 1. The van der Waals surface area contributed by atoms with Crippen LogP contribution in [0.3, 0.4) is 0 Å². The summed E-state index contributed by atoms with van der Waals surface area (Å²) in [4.78, 5) is 17.0. The molecule has 1 amide bonds. The fourth-order valence-corrected chi connectivity index (χ4v) is 4.08. The predicted octanol–water partition coefficient (Wildman–Crippen LogP) is 3.00. The molecule has 0 radical (unpaired) electrons. The molecule has 0 saturated heterocycles. The Hall–Kier alpha value is -3.43. The first kappa shape index (κ1) is 18.9. The van der Waals surface area contributed by atoms with Crippen molar-refractivity contribution in [1.82, 2.24) is 5.32 Å². The molecule has 29 heavy (non-hydrogen) atoms. The second kappa shape index (κ2) is 7.19. The summed E-state index contributed by atoms with van der Waals surface area (Å²) < 4.78 is 20.9. The average Bonchev–Trinajstić information content (AvgIpc) is 3.15. The van der Waals surface area contributed by atoms with Crippen molar-refractivity contribution in [2.45, 2.75) is 5.66 Å². The molecule has 1 aliphatic rings. The lowest BCUT2D eigenvalue weighted by Gasteiger charge is -2.29. The SMILES string of the molecule is COc1ccc(C2(N)N=C(N)NC=C2F)c(NC(=O)c2csc3ccccc23)c1. The van der Waals surface area contributed by atoms with Crippen LogP contribution >= 0.6 is 11.3 Å². The van der Waals surface area contributed by atoms with Gasteiger partial charge in [0, 0.05) is 33.3 Å². The van der Waals surface area contributed by atoms with E-state index >= 15 is 0 Å². The van der Waals surface area contributed by atoms with Crippen LogP contribution in [-0.2, 0) is 5.66 Å². The first-order valence-corrected chi connectivity index (χ1v) is 9.53. The van der Waals surface area contributed by atoms with Gasteiger partial charge in [0.15, 0.2) is 17.4 Å². The first-order chi connectivity index (χ1) is 13.9. The van der Waals surface area contributed by atoms with E-state index in [0.29, 0.717) is 11.3 Å². The van der Waals surface area contributed by atoms with Gasteiger partial charge in [-0.25, -0.2) is 9.38 Å². The Morgan fingerprint density at radius 2 is 2.10 bits per heavy atom. The average molecular weight is 411 g/mol. The Balaban J connectivity index is 1.78. The molecule has 7 nitrogen and oxygen atoms in total. The Labute approximate surface area is 169 Å². The number of halogens is 1. The number of nitrogens with two attached hydrogens (primary N) is 2. The van der Waals surface area contributed by atoms with Gasteiger partial charge < -0.3 is 21.1 Å². The quantitative estimate of drug-likeness (QED) is 0.527. The van der Waals surface area contributed by atoms with Gasteiger partial charge in [0.05, 0.1) is 18.4 Å². The molecule has 2 aromatic carbocycles. The second-order valence-corrected chi connectivity index (χ2v) is 7.32. The number of carbonyl (C=O) groups excluding carboxylic acids is 1. The van der Waals surface area contributed by atoms with Crippen LogP contribution in [0.4, 0.5) is 10.1 Å². The Morgan fingerprint density at radius 3 is 2.90 bits per heavy atom. The highest BCUT2D eigenvalue weighted by atomic mass is 32.1. The largest absolute Gasteiger partial charge is 0.497 e. The number of nitrogens with zero attached hydrogens (tertiary/aromatic N) is 1. The maximum Gasteiger partial charge on any atom is 0.257 e. The van der Waals surface area contributed by atoms with E-state index in [1.165, 1.54) is 18.4 Å². The number of guanidine groups is 1. The van der Waals surface area contributed by atoms with E-state index in [0.717, 1.165) is 16.3 Å². The fourth-order valence-electron chi connectivity index (χ4n) is 3.14. The Morgan fingerprint density at radius 1 is 1.31 bits per heavy atom. The van der Waals surface area contributed by atoms with Crippen LogP contribution in [0.1, 0.15) is 15.9 Å². The van der Waals surface area contributed by atoms with Gasteiger partial charge in [0.2, 0.25) is 0 Å². The molecule has 0 spiro atoms. The van der Waals surface area contributed by atoms with Crippen molar-refractivity contribution in [2.24, 2.45) is 16.5 Å². The molecule has 3 aromatic rings. The Bertz CT molecular complexity index is 1170. The van der Waals surface area contributed by atoms with Crippen LogP contribution in [0.5, 0.6) is 5.75 Å². The highest BCUT2D eigenvalue weighted by molar-refractivity contribution is 7.17. The summed E-state index contributed by atoms with van der Waals surface area (Å²) in [5, 5.41) is 7.91. The summed E-state index contributed by atoms with van der Waals surface area (Å²) >= 11 is 1.47. The number of hydrogen-bond donors (Lipinski definition) is 4. The number of hydrogen-bond acceptors (Lipinski definition) is 7. The van der Waals surface area contributed by atoms with E-state index in [2.05, 4.69) is 15.6 Å². The molecule has 0 bridgehead atoms. The van der Waals surface area contributed by atoms with Crippen LogP contribution in [-0.4, -0.2) is 19.0 Å². The molecule has 1 aromatic heterocycles. The molecule has 0 saturated carbocycles. The van der Waals surface area contributed by atoms with Crippen LogP contribution in [0.15, 0.2) is 64.9 Å². The standard InChI is InChI=1S/C20H18FN5O2S/c1-28-11-6-7-14(20(23)17(21)9-24-19(22)26-20)15(8-11)25-18(27)13-10-29-16-5-3-2-4-12(13)16/h2-10H,23H2,1H3,(H,25,27)(H3,22,24,26). The molecular formula is C20H18FN5O2S. The van der Waals surface area contributed by atoms with E-state index in [1.807, 2.05) is 24.3 Å². The number of anilines is 1. The molecule has 6 N–H and O–H groups in total. The summed E-state index contributed by atoms with van der Waals surface area (Å²) in [6.07, 6.45) is 1.05. The van der Waals surface area contributed by atoms with Crippen molar-refractivity contribution in [3.05, 3.63) is 71.0 Å². The number of amides is 1. The second-order valence-electron chi connectivity index (χ2n) is 6.41. The maximum atomic E-state index is 14.6. The van der Waals surface area contributed by atoms with Crippen molar-refractivity contribution in [1.29, 1.82) is 0 Å². The lowest BCUT2D eigenvalue weighted by atomic mass is 9.96. The van der Waals surface area contributed by atoms with Crippen LogP contribution in [0, 0.1) is 0 Å². The highest BCUT2D eigenvalue weighted by Gasteiger charge is 2.38. The van der Waals surface area contributed by atoms with Gasteiger partial charge >= 0.3 is 0 Å². The molecule has 2 heterocycles. The van der Waals surface area contributed by atoms with Crippen molar-refractivity contribution >= 4 is 39.0 Å². The van der Waals surface area contributed by atoms with Gasteiger partial charge in [-0.3, -0.25) is 10.5 Å². The number of aliphatic imine (C=N–C) groups is 1. The van der Waals surface area contributed by atoms with Crippen molar-refractivity contribution in [2.75, 3.05) is 12.4 Å². The molecular weight excluding hydrogens is 393 g/mol.